The fourth-order valence-corrected chi connectivity index (χ4v) is 4.78. The summed E-state index contributed by atoms with van der Waals surface area (Å²) in [6.07, 6.45) is 0.493. The van der Waals surface area contributed by atoms with Crippen LogP contribution in [0.15, 0.2) is 30.3 Å². The summed E-state index contributed by atoms with van der Waals surface area (Å²) in [6, 6.07) is 6.90. The number of aryl methyl sites for hydroxylation is 1. The Balaban J connectivity index is 1.97. The lowest BCUT2D eigenvalue weighted by Gasteiger charge is -2.19. The van der Waals surface area contributed by atoms with Gasteiger partial charge >= 0.3 is 0 Å². The Labute approximate surface area is 160 Å². The fourth-order valence-electron chi connectivity index (χ4n) is 2.82. The van der Waals surface area contributed by atoms with E-state index in [0.29, 0.717) is 18.5 Å². The van der Waals surface area contributed by atoms with Crippen molar-refractivity contribution in [2.45, 2.75) is 13.3 Å². The average Bonchev–Trinajstić information content (AvgIpc) is 2.88. The molecule has 26 heavy (non-hydrogen) atoms. The van der Waals surface area contributed by atoms with Gasteiger partial charge in [0, 0.05) is 12.2 Å². The molecule has 1 fully saturated rings. The minimum absolute atomic E-state index is 0.00219. The Bertz CT molecular complexity index is 975. The van der Waals surface area contributed by atoms with Crippen molar-refractivity contribution < 1.29 is 17.6 Å². The number of hydrogen-bond donors (Lipinski definition) is 1. The first kappa shape index (κ1) is 18.9. The minimum atomic E-state index is -3.43. The smallest absolute Gasteiger partial charge is 0.257 e. The van der Waals surface area contributed by atoms with Crippen molar-refractivity contribution in [3.63, 3.8) is 0 Å². The van der Waals surface area contributed by atoms with Gasteiger partial charge in [-0.3, -0.25) is 9.10 Å². The van der Waals surface area contributed by atoms with Crippen molar-refractivity contribution in [1.29, 1.82) is 0 Å². The van der Waals surface area contributed by atoms with Crippen molar-refractivity contribution >= 4 is 50.5 Å². The van der Waals surface area contributed by atoms with Crippen LogP contribution < -0.4 is 9.62 Å². The van der Waals surface area contributed by atoms with Crippen molar-refractivity contribution in [3.05, 3.63) is 57.3 Å². The van der Waals surface area contributed by atoms with Gasteiger partial charge in [0.1, 0.15) is 5.82 Å². The molecule has 1 heterocycles. The van der Waals surface area contributed by atoms with E-state index in [2.05, 4.69) is 5.32 Å². The highest BCUT2D eigenvalue weighted by Gasteiger charge is 2.30. The number of benzene rings is 2. The number of halogens is 3. The zero-order valence-corrected chi connectivity index (χ0v) is 16.1. The first-order valence-electron chi connectivity index (χ1n) is 7.75. The molecule has 9 heteroatoms. The number of carbonyl (C=O) groups is 1. The van der Waals surface area contributed by atoms with E-state index in [1.165, 1.54) is 28.6 Å². The number of amides is 1. The lowest BCUT2D eigenvalue weighted by Crippen LogP contribution is -2.25. The van der Waals surface area contributed by atoms with Gasteiger partial charge in [0.15, 0.2) is 0 Å². The standard InChI is InChI=1S/C17H15Cl2FN2O3S/c1-10-5-11(20)7-12(6-10)21-17(23)14-8-13(9-15(18)16(14)19)22-3-2-4-26(22,24)25/h5-9H,2-4H2,1H3,(H,21,23). The van der Waals surface area contributed by atoms with Crippen LogP contribution >= 0.6 is 23.2 Å². The van der Waals surface area contributed by atoms with Gasteiger partial charge < -0.3 is 5.32 Å². The van der Waals surface area contributed by atoms with E-state index >= 15 is 0 Å². The molecule has 5 nitrogen and oxygen atoms in total. The van der Waals surface area contributed by atoms with Crippen LogP contribution in [-0.4, -0.2) is 26.6 Å². The summed E-state index contributed by atoms with van der Waals surface area (Å²) in [4.78, 5) is 12.6. The third-order valence-corrected chi connectivity index (χ3v) is 6.62. The predicted octanol–water partition coefficient (Wildman–Crippen LogP) is 4.23. The number of hydrogen-bond acceptors (Lipinski definition) is 3. The van der Waals surface area contributed by atoms with Crippen molar-refractivity contribution in [2.24, 2.45) is 0 Å². The number of anilines is 2. The minimum Gasteiger partial charge on any atom is -0.322 e. The molecule has 3 rings (SSSR count). The van der Waals surface area contributed by atoms with Crippen molar-refractivity contribution in [1.82, 2.24) is 0 Å². The van der Waals surface area contributed by atoms with Gasteiger partial charge in [-0.2, -0.15) is 0 Å². The zero-order valence-electron chi connectivity index (χ0n) is 13.7. The maximum Gasteiger partial charge on any atom is 0.257 e. The predicted molar refractivity (Wildman–Crippen MR) is 101 cm³/mol. The lowest BCUT2D eigenvalue weighted by molar-refractivity contribution is 0.102. The average molecular weight is 417 g/mol. The molecule has 1 aliphatic rings. The number of nitrogens with one attached hydrogen (secondary N) is 1. The summed E-state index contributed by atoms with van der Waals surface area (Å²) in [5, 5.41) is 2.62. The third kappa shape index (κ3) is 3.79. The molecule has 138 valence electrons. The number of carbonyl (C=O) groups excluding carboxylic acids is 1. The zero-order chi connectivity index (χ0) is 19.1. The van der Waals surface area contributed by atoms with Gasteiger partial charge in [-0.25, -0.2) is 12.8 Å². The Morgan fingerprint density at radius 1 is 1.19 bits per heavy atom. The van der Waals surface area contributed by atoms with E-state index < -0.39 is 21.7 Å². The van der Waals surface area contributed by atoms with Crippen molar-refractivity contribution in [2.75, 3.05) is 21.9 Å². The highest BCUT2D eigenvalue weighted by Crippen LogP contribution is 2.34. The van der Waals surface area contributed by atoms with E-state index in [1.54, 1.807) is 13.0 Å². The van der Waals surface area contributed by atoms with Gasteiger partial charge in [-0.15, -0.1) is 0 Å². The van der Waals surface area contributed by atoms with Crippen molar-refractivity contribution in [3.8, 4) is 0 Å². The maximum absolute atomic E-state index is 13.5. The van der Waals surface area contributed by atoms with E-state index in [-0.39, 0.29) is 32.7 Å². The molecule has 1 N–H and O–H groups in total. The van der Waals surface area contributed by atoms with Crippen LogP contribution in [0.5, 0.6) is 0 Å². The second-order valence-corrected chi connectivity index (χ2v) is 8.80. The van der Waals surface area contributed by atoms with Crippen LogP contribution in [0.4, 0.5) is 15.8 Å². The largest absolute Gasteiger partial charge is 0.322 e. The topological polar surface area (TPSA) is 66.5 Å². The van der Waals surface area contributed by atoms with Gasteiger partial charge in [0.2, 0.25) is 10.0 Å². The molecule has 1 aliphatic heterocycles. The monoisotopic (exact) mass is 416 g/mol. The van der Waals surface area contributed by atoms with Gasteiger partial charge in [-0.1, -0.05) is 23.2 Å². The summed E-state index contributed by atoms with van der Waals surface area (Å²) >= 11 is 12.2. The molecule has 1 saturated heterocycles. The Morgan fingerprint density at radius 2 is 1.92 bits per heavy atom. The summed E-state index contributed by atoms with van der Waals surface area (Å²) in [6.45, 7) is 2.01. The Morgan fingerprint density at radius 3 is 2.54 bits per heavy atom. The summed E-state index contributed by atoms with van der Waals surface area (Å²) in [5.74, 6) is -1.06. The van der Waals surface area contributed by atoms with Gasteiger partial charge in [0.05, 0.1) is 27.0 Å². The number of sulfonamides is 1. The molecular weight excluding hydrogens is 402 g/mol. The van der Waals surface area contributed by atoms with E-state index in [9.17, 15) is 17.6 Å². The van der Waals surface area contributed by atoms with E-state index in [4.69, 9.17) is 23.2 Å². The van der Waals surface area contributed by atoms with E-state index in [0.717, 1.165) is 0 Å². The Kier molecular flexibility index (Phi) is 5.14. The van der Waals surface area contributed by atoms with E-state index in [1.807, 2.05) is 0 Å². The summed E-state index contributed by atoms with van der Waals surface area (Å²) in [7, 11) is -3.43. The third-order valence-electron chi connectivity index (χ3n) is 3.94. The van der Waals surface area contributed by atoms with Gasteiger partial charge in [0.25, 0.3) is 5.91 Å². The SMILES string of the molecule is Cc1cc(F)cc(NC(=O)c2cc(N3CCCS3(=O)=O)cc(Cl)c2Cl)c1. The first-order valence-corrected chi connectivity index (χ1v) is 10.1. The van der Waals surface area contributed by atoms with Crippen LogP contribution in [0.1, 0.15) is 22.3 Å². The molecule has 0 spiro atoms. The molecule has 0 radical (unpaired) electrons. The lowest BCUT2D eigenvalue weighted by atomic mass is 10.1. The maximum atomic E-state index is 13.5. The van der Waals surface area contributed by atoms with Crippen LogP contribution in [0, 0.1) is 12.7 Å². The van der Waals surface area contributed by atoms with Crippen LogP contribution in [0.25, 0.3) is 0 Å². The van der Waals surface area contributed by atoms with Crippen LogP contribution in [-0.2, 0) is 10.0 Å². The quantitative estimate of drug-likeness (QED) is 0.813. The molecule has 0 bridgehead atoms. The second-order valence-electron chi connectivity index (χ2n) is 6.00. The first-order chi connectivity index (χ1) is 12.2. The van der Waals surface area contributed by atoms with Crippen LogP contribution in [0.3, 0.4) is 0 Å². The second kappa shape index (κ2) is 7.06. The molecule has 0 aliphatic carbocycles. The molecule has 0 atom stereocenters. The molecule has 0 unspecified atom stereocenters. The number of rotatable bonds is 3. The molecule has 0 saturated carbocycles. The normalized spacial score (nSPS) is 15.9. The highest BCUT2D eigenvalue weighted by molar-refractivity contribution is 7.93. The molecule has 1 amide bonds. The summed E-state index contributed by atoms with van der Waals surface area (Å²) < 4.78 is 38.9. The number of nitrogens with zero attached hydrogens (tertiary/aromatic N) is 1. The highest BCUT2D eigenvalue weighted by atomic mass is 35.5. The molecular formula is C17H15Cl2FN2O3S. The molecule has 2 aromatic rings. The summed E-state index contributed by atoms with van der Waals surface area (Å²) in [5.41, 5.74) is 1.19. The molecule has 2 aromatic carbocycles. The van der Waals surface area contributed by atoms with Gasteiger partial charge in [-0.05, 0) is 49.2 Å². The Hall–Kier alpha value is -1.83. The fraction of sp³-hybridized carbons (Fsp3) is 0.235. The van der Waals surface area contributed by atoms with Crippen LogP contribution in [0.2, 0.25) is 10.0 Å². The molecule has 0 aromatic heterocycles.